The van der Waals surface area contributed by atoms with Gasteiger partial charge < -0.3 is 15.3 Å². The van der Waals surface area contributed by atoms with E-state index in [0.29, 0.717) is 17.0 Å². The average Bonchev–Trinajstić information content (AvgIpc) is 2.89. The van der Waals surface area contributed by atoms with Crippen LogP contribution in [0.1, 0.15) is 30.9 Å². The van der Waals surface area contributed by atoms with Crippen molar-refractivity contribution in [1.82, 2.24) is 5.32 Å². The molecule has 1 heterocycles. The van der Waals surface area contributed by atoms with Gasteiger partial charge in [0.2, 0.25) is 12.1 Å². The van der Waals surface area contributed by atoms with E-state index >= 15 is 0 Å². The van der Waals surface area contributed by atoms with Crippen LogP contribution >= 0.6 is 0 Å². The predicted molar refractivity (Wildman–Crippen MR) is 119 cm³/mol. The van der Waals surface area contributed by atoms with Crippen LogP contribution in [0.4, 0.5) is 18.9 Å². The van der Waals surface area contributed by atoms with Crippen LogP contribution in [-0.4, -0.2) is 48.6 Å². The van der Waals surface area contributed by atoms with Gasteiger partial charge in [0.25, 0.3) is 5.91 Å². The lowest BCUT2D eigenvalue weighted by molar-refractivity contribution is -0.144. The number of halogens is 3. The molecule has 0 fully saturated rings. The first kappa shape index (κ1) is 24.4. The molecule has 0 bridgehead atoms. The summed E-state index contributed by atoms with van der Waals surface area (Å²) >= 11 is 0. The number of nitrogens with zero attached hydrogens (tertiary/aromatic N) is 2. The number of anilines is 1. The van der Waals surface area contributed by atoms with Crippen molar-refractivity contribution >= 4 is 23.2 Å². The van der Waals surface area contributed by atoms with Gasteiger partial charge in [0.1, 0.15) is 0 Å². The molecule has 0 saturated carbocycles. The minimum absolute atomic E-state index is 0.460. The number of alkyl halides is 3. The average molecular weight is 461 g/mol. The SMILES string of the molecule is C[C@H](CO)[C@@H](CCC(F)(F)F)C(=O)N[C@H]1N=C(c2ccccc2)c2ccccc2N(C)C1=O. The number of rotatable bonds is 7. The van der Waals surface area contributed by atoms with Crippen molar-refractivity contribution in [3.8, 4) is 0 Å². The van der Waals surface area contributed by atoms with Crippen LogP contribution in [0, 0.1) is 11.8 Å². The lowest BCUT2D eigenvalue weighted by Gasteiger charge is -2.25. The highest BCUT2D eigenvalue weighted by Gasteiger charge is 2.36. The van der Waals surface area contributed by atoms with Gasteiger partial charge in [-0.2, -0.15) is 13.2 Å². The summed E-state index contributed by atoms with van der Waals surface area (Å²) in [5, 5.41) is 12.0. The highest BCUT2D eigenvalue weighted by molar-refractivity contribution is 6.20. The number of aliphatic imine (C=N–C) groups is 1. The third kappa shape index (κ3) is 5.78. The molecule has 2 aromatic carbocycles. The zero-order valence-electron chi connectivity index (χ0n) is 18.3. The van der Waals surface area contributed by atoms with Crippen LogP contribution in [0.5, 0.6) is 0 Å². The Morgan fingerprint density at radius 3 is 2.42 bits per heavy atom. The van der Waals surface area contributed by atoms with Gasteiger partial charge >= 0.3 is 6.18 Å². The lowest BCUT2D eigenvalue weighted by Crippen LogP contribution is -2.49. The van der Waals surface area contributed by atoms with E-state index in [1.54, 1.807) is 19.2 Å². The van der Waals surface area contributed by atoms with Crippen molar-refractivity contribution in [2.24, 2.45) is 16.8 Å². The molecule has 2 N–H and O–H groups in total. The van der Waals surface area contributed by atoms with E-state index in [-0.39, 0.29) is 0 Å². The molecule has 3 atom stereocenters. The van der Waals surface area contributed by atoms with E-state index < -0.39 is 55.4 Å². The fourth-order valence-electron chi connectivity index (χ4n) is 3.80. The molecule has 0 saturated heterocycles. The van der Waals surface area contributed by atoms with Crippen LogP contribution in [0.15, 0.2) is 59.6 Å². The van der Waals surface area contributed by atoms with Crippen LogP contribution in [0.25, 0.3) is 0 Å². The maximum absolute atomic E-state index is 13.2. The normalized spacial score (nSPS) is 18.1. The van der Waals surface area contributed by atoms with Crippen molar-refractivity contribution < 1.29 is 27.9 Å². The zero-order chi connectivity index (χ0) is 24.2. The third-order valence-electron chi connectivity index (χ3n) is 5.72. The number of hydrogen-bond acceptors (Lipinski definition) is 4. The molecule has 1 aliphatic heterocycles. The summed E-state index contributed by atoms with van der Waals surface area (Å²) in [5.41, 5.74) is 2.49. The minimum Gasteiger partial charge on any atom is -0.396 e. The van der Waals surface area contributed by atoms with Crippen molar-refractivity contribution in [3.63, 3.8) is 0 Å². The molecule has 6 nitrogen and oxygen atoms in total. The third-order valence-corrected chi connectivity index (χ3v) is 5.72. The summed E-state index contributed by atoms with van der Waals surface area (Å²) in [6.45, 7) is 1.04. The van der Waals surface area contributed by atoms with E-state index in [2.05, 4.69) is 10.3 Å². The van der Waals surface area contributed by atoms with Gasteiger partial charge in [0.05, 0.1) is 11.4 Å². The minimum atomic E-state index is -4.44. The fraction of sp³-hybridized carbons (Fsp3) is 0.375. The molecule has 0 unspecified atom stereocenters. The molecular weight excluding hydrogens is 435 g/mol. The predicted octanol–water partition coefficient (Wildman–Crippen LogP) is 3.53. The molecule has 0 aromatic heterocycles. The first-order valence-electron chi connectivity index (χ1n) is 10.6. The van der Waals surface area contributed by atoms with Crippen molar-refractivity contribution in [3.05, 3.63) is 65.7 Å². The Kier molecular flexibility index (Phi) is 7.53. The van der Waals surface area contributed by atoms with Crippen molar-refractivity contribution in [2.75, 3.05) is 18.6 Å². The topological polar surface area (TPSA) is 82.0 Å². The fourth-order valence-corrected chi connectivity index (χ4v) is 3.80. The number of nitrogens with one attached hydrogen (secondary N) is 1. The van der Waals surface area contributed by atoms with Gasteiger partial charge in [-0.15, -0.1) is 0 Å². The summed E-state index contributed by atoms with van der Waals surface area (Å²) in [5.74, 6) is -3.13. The number of aliphatic hydroxyl groups is 1. The first-order chi connectivity index (χ1) is 15.6. The van der Waals surface area contributed by atoms with E-state index in [1.165, 1.54) is 11.8 Å². The number of benzodiazepines with no additional fused rings is 1. The number of carbonyl (C=O) groups excluding carboxylic acids is 2. The number of para-hydroxylation sites is 1. The number of hydrogen-bond donors (Lipinski definition) is 2. The maximum Gasteiger partial charge on any atom is 0.389 e. The Labute approximate surface area is 190 Å². The molecule has 1 aliphatic rings. The van der Waals surface area contributed by atoms with Gasteiger partial charge in [-0.3, -0.25) is 9.59 Å². The molecule has 3 rings (SSSR count). The Morgan fingerprint density at radius 2 is 1.79 bits per heavy atom. The van der Waals surface area contributed by atoms with Crippen LogP contribution < -0.4 is 10.2 Å². The second-order valence-electron chi connectivity index (χ2n) is 8.09. The number of likely N-dealkylation sites (N-methyl/N-ethyl adjacent to an activating group) is 1. The van der Waals surface area contributed by atoms with E-state index in [0.717, 1.165) is 5.56 Å². The monoisotopic (exact) mass is 461 g/mol. The summed E-state index contributed by atoms with van der Waals surface area (Å²) in [7, 11) is 1.56. The van der Waals surface area contributed by atoms with Crippen LogP contribution in [0.3, 0.4) is 0 Å². The molecule has 2 aromatic rings. The van der Waals surface area contributed by atoms with Crippen LogP contribution in [0.2, 0.25) is 0 Å². The van der Waals surface area contributed by atoms with Crippen molar-refractivity contribution in [2.45, 2.75) is 32.1 Å². The molecule has 0 aliphatic carbocycles. The number of amides is 2. The molecule has 0 spiro atoms. The smallest absolute Gasteiger partial charge is 0.389 e. The number of fused-ring (bicyclic) bond motifs is 1. The summed E-state index contributed by atoms with van der Waals surface area (Å²) in [6, 6.07) is 16.3. The Hall–Kier alpha value is -3.20. The molecule has 33 heavy (non-hydrogen) atoms. The van der Waals surface area contributed by atoms with Gasteiger partial charge in [-0.25, -0.2) is 4.99 Å². The Morgan fingerprint density at radius 1 is 1.15 bits per heavy atom. The summed E-state index contributed by atoms with van der Waals surface area (Å²) in [4.78, 5) is 32.1. The first-order valence-corrected chi connectivity index (χ1v) is 10.6. The maximum atomic E-state index is 13.2. The lowest BCUT2D eigenvalue weighted by atomic mass is 9.89. The van der Waals surface area contributed by atoms with Gasteiger partial charge in [0, 0.05) is 37.1 Å². The number of aliphatic hydroxyl groups excluding tert-OH is 1. The zero-order valence-corrected chi connectivity index (χ0v) is 18.3. The molecule has 2 amide bonds. The van der Waals surface area contributed by atoms with Crippen molar-refractivity contribution in [1.29, 1.82) is 0 Å². The summed E-state index contributed by atoms with van der Waals surface area (Å²) < 4.78 is 38.4. The number of carbonyl (C=O) groups is 2. The number of benzene rings is 2. The second kappa shape index (κ2) is 10.2. The molecule has 0 radical (unpaired) electrons. The Bertz CT molecular complexity index is 1020. The highest BCUT2D eigenvalue weighted by Crippen LogP contribution is 2.29. The standard InChI is InChI=1S/C24H26F3N3O3/c1-15(14-31)17(12-13-24(25,26)27)22(32)29-21-23(33)30(2)19-11-7-6-10-18(19)20(28-21)16-8-4-3-5-9-16/h3-11,15,17,21,31H,12-14H2,1-2H3,(H,29,32)/t15-,17-,21-/m1/s1. The Balaban J connectivity index is 1.97. The molecular formula is C24H26F3N3O3. The molecule has 176 valence electrons. The van der Waals surface area contributed by atoms with Gasteiger partial charge in [0.15, 0.2) is 0 Å². The molecule has 9 heteroatoms. The summed E-state index contributed by atoms with van der Waals surface area (Å²) in [6.07, 6.45) is -7.43. The quantitative estimate of drug-likeness (QED) is 0.662. The van der Waals surface area contributed by atoms with Gasteiger partial charge in [-0.05, 0) is 18.4 Å². The van der Waals surface area contributed by atoms with E-state index in [9.17, 15) is 27.9 Å². The van der Waals surface area contributed by atoms with Gasteiger partial charge in [-0.1, -0.05) is 55.5 Å². The van der Waals surface area contributed by atoms with E-state index in [4.69, 9.17) is 0 Å². The van der Waals surface area contributed by atoms with Crippen LogP contribution in [-0.2, 0) is 9.59 Å². The second-order valence-corrected chi connectivity index (χ2v) is 8.09. The van der Waals surface area contributed by atoms with E-state index in [1.807, 2.05) is 42.5 Å². The highest BCUT2D eigenvalue weighted by atomic mass is 19.4. The largest absolute Gasteiger partial charge is 0.396 e.